The van der Waals surface area contributed by atoms with Crippen molar-refractivity contribution < 1.29 is 24.0 Å². The van der Waals surface area contributed by atoms with Crippen LogP contribution in [0.5, 0.6) is 0 Å². The number of fused-ring (bicyclic) bond motifs is 1. The quantitative estimate of drug-likeness (QED) is 0.377. The van der Waals surface area contributed by atoms with Gasteiger partial charge in [0.1, 0.15) is 21.9 Å². The molecule has 1 atom stereocenters. The molecule has 0 fully saturated rings. The Morgan fingerprint density at radius 2 is 2.15 bits per heavy atom. The van der Waals surface area contributed by atoms with Gasteiger partial charge in [0.2, 0.25) is 0 Å². The number of thiophene rings is 1. The molecule has 10 nitrogen and oxygen atoms in total. The minimum atomic E-state index is -1.28. The molecule has 0 radical (unpaired) electrons. The van der Waals surface area contributed by atoms with Crippen LogP contribution in [0.4, 0.5) is 10.7 Å². The van der Waals surface area contributed by atoms with Gasteiger partial charge >= 0.3 is 5.97 Å². The molecule has 4 rings (SSSR count). The molecule has 0 saturated heterocycles. The number of carbonyl (C=O) groups is 3. The van der Waals surface area contributed by atoms with Gasteiger partial charge in [-0.1, -0.05) is 18.2 Å². The first-order chi connectivity index (χ1) is 16.2. The van der Waals surface area contributed by atoms with Crippen LogP contribution in [0.15, 0.2) is 59.1 Å². The summed E-state index contributed by atoms with van der Waals surface area (Å²) >= 11 is 1.09. The van der Waals surface area contributed by atoms with E-state index in [2.05, 4.69) is 10.3 Å². The SMILES string of the molecule is CCOC(=O)c1c(-c2cccc([N+](=O)[O-])c2)csc1NC(=O)C1(C)CC(=O)N=C2C=CC=CN21. The first-order valence-corrected chi connectivity index (χ1v) is 11.2. The van der Waals surface area contributed by atoms with Gasteiger partial charge in [0, 0.05) is 29.3 Å². The van der Waals surface area contributed by atoms with Crippen molar-refractivity contribution in [3.63, 3.8) is 0 Å². The van der Waals surface area contributed by atoms with Gasteiger partial charge in [0.05, 0.1) is 18.0 Å². The molecule has 0 saturated carbocycles. The van der Waals surface area contributed by atoms with E-state index in [1.807, 2.05) is 0 Å². The molecule has 1 aromatic heterocycles. The number of hydrogen-bond donors (Lipinski definition) is 1. The lowest BCUT2D eigenvalue weighted by atomic mass is 9.91. The van der Waals surface area contributed by atoms with Crippen LogP contribution < -0.4 is 5.32 Å². The summed E-state index contributed by atoms with van der Waals surface area (Å²) in [4.78, 5) is 54.8. The molecule has 1 aromatic carbocycles. The minimum absolute atomic E-state index is 0.0920. The molecule has 3 heterocycles. The summed E-state index contributed by atoms with van der Waals surface area (Å²) in [6.07, 6.45) is 6.60. The van der Waals surface area contributed by atoms with Crippen LogP contribution in [0, 0.1) is 10.1 Å². The summed E-state index contributed by atoms with van der Waals surface area (Å²) < 4.78 is 5.20. The van der Waals surface area contributed by atoms with Crippen LogP contribution in [0.2, 0.25) is 0 Å². The number of non-ortho nitro benzene ring substituents is 1. The maximum Gasteiger partial charge on any atom is 0.341 e. The van der Waals surface area contributed by atoms with E-state index in [0.29, 0.717) is 17.0 Å². The van der Waals surface area contributed by atoms with Crippen molar-refractivity contribution in [1.29, 1.82) is 0 Å². The van der Waals surface area contributed by atoms with E-state index in [0.717, 1.165) is 11.3 Å². The lowest BCUT2D eigenvalue weighted by molar-refractivity contribution is -0.384. The predicted octanol–water partition coefficient (Wildman–Crippen LogP) is 3.91. The summed E-state index contributed by atoms with van der Waals surface area (Å²) in [5.74, 6) is -1.26. The van der Waals surface area contributed by atoms with E-state index in [9.17, 15) is 24.5 Å². The molecular weight excluding hydrogens is 460 g/mol. The molecule has 1 unspecified atom stereocenters. The third-order valence-electron chi connectivity index (χ3n) is 5.46. The topological polar surface area (TPSA) is 131 Å². The summed E-state index contributed by atoms with van der Waals surface area (Å²) in [7, 11) is 0. The molecule has 2 aromatic rings. The van der Waals surface area contributed by atoms with Gasteiger partial charge in [-0.25, -0.2) is 4.79 Å². The predicted molar refractivity (Wildman–Crippen MR) is 127 cm³/mol. The number of amides is 2. The number of carbonyl (C=O) groups excluding carboxylic acids is 3. The molecule has 0 aliphatic carbocycles. The van der Waals surface area contributed by atoms with Gasteiger partial charge in [-0.2, -0.15) is 4.99 Å². The smallest absolute Gasteiger partial charge is 0.341 e. The Balaban J connectivity index is 1.72. The largest absolute Gasteiger partial charge is 0.462 e. The van der Waals surface area contributed by atoms with Crippen LogP contribution in [0.1, 0.15) is 30.6 Å². The van der Waals surface area contributed by atoms with E-state index in [1.165, 1.54) is 18.2 Å². The fourth-order valence-corrected chi connectivity index (χ4v) is 4.72. The van der Waals surface area contributed by atoms with Crippen molar-refractivity contribution in [2.24, 2.45) is 4.99 Å². The van der Waals surface area contributed by atoms with Gasteiger partial charge < -0.3 is 15.0 Å². The number of anilines is 1. The van der Waals surface area contributed by atoms with E-state index in [4.69, 9.17) is 4.74 Å². The highest BCUT2D eigenvalue weighted by Crippen LogP contribution is 2.38. The lowest BCUT2D eigenvalue weighted by Gasteiger charge is -2.41. The maximum absolute atomic E-state index is 13.5. The minimum Gasteiger partial charge on any atom is -0.462 e. The lowest BCUT2D eigenvalue weighted by Crippen LogP contribution is -2.58. The number of rotatable bonds is 6. The molecule has 34 heavy (non-hydrogen) atoms. The molecule has 2 aliphatic rings. The van der Waals surface area contributed by atoms with Gasteiger partial charge in [-0.05, 0) is 31.6 Å². The number of nitro benzene ring substituents is 1. The number of nitro groups is 1. The average Bonchev–Trinajstić information content (AvgIpc) is 3.22. The number of ether oxygens (including phenoxy) is 1. The molecule has 2 amide bonds. The third kappa shape index (κ3) is 4.13. The van der Waals surface area contributed by atoms with Crippen molar-refractivity contribution in [2.45, 2.75) is 25.8 Å². The van der Waals surface area contributed by atoms with E-state index >= 15 is 0 Å². The van der Waals surface area contributed by atoms with Gasteiger partial charge in [0.25, 0.3) is 17.5 Å². The standard InChI is InChI=1S/C23H20N4O6S/c1-3-33-21(29)19-16(14-7-6-8-15(11-14)27(31)32)13-34-20(19)25-22(30)23(2)12-18(28)24-17-9-4-5-10-26(17)23/h4-11,13H,3,12H2,1-2H3,(H,25,30). The molecule has 2 aliphatic heterocycles. The number of hydrogen-bond acceptors (Lipinski definition) is 8. The first kappa shape index (κ1) is 23.1. The van der Waals surface area contributed by atoms with Crippen molar-refractivity contribution in [2.75, 3.05) is 11.9 Å². The van der Waals surface area contributed by atoms with Crippen LogP contribution >= 0.6 is 11.3 Å². The van der Waals surface area contributed by atoms with E-state index < -0.39 is 28.2 Å². The molecule has 11 heteroatoms. The van der Waals surface area contributed by atoms with Gasteiger partial charge in [-0.15, -0.1) is 11.3 Å². The second-order valence-electron chi connectivity index (χ2n) is 7.72. The third-order valence-corrected chi connectivity index (χ3v) is 6.35. The van der Waals surface area contributed by atoms with Gasteiger partial charge in [0.15, 0.2) is 0 Å². The van der Waals surface area contributed by atoms with Crippen LogP contribution in [-0.4, -0.2) is 45.6 Å². The zero-order valence-corrected chi connectivity index (χ0v) is 19.1. The average molecular weight is 481 g/mol. The molecule has 0 spiro atoms. The monoisotopic (exact) mass is 480 g/mol. The first-order valence-electron chi connectivity index (χ1n) is 10.3. The summed E-state index contributed by atoms with van der Waals surface area (Å²) in [6.45, 7) is 3.38. The van der Waals surface area contributed by atoms with E-state index in [-0.39, 0.29) is 29.3 Å². The summed E-state index contributed by atoms with van der Waals surface area (Å²) in [5, 5.41) is 15.8. The van der Waals surface area contributed by atoms with Crippen LogP contribution in [-0.2, 0) is 14.3 Å². The second kappa shape index (κ2) is 9.02. The number of nitrogens with one attached hydrogen (secondary N) is 1. The highest BCUT2D eigenvalue weighted by molar-refractivity contribution is 7.15. The molecular formula is C23H20N4O6S. The number of amidine groups is 1. The van der Waals surface area contributed by atoms with Gasteiger partial charge in [-0.3, -0.25) is 19.7 Å². The Morgan fingerprint density at radius 1 is 1.35 bits per heavy atom. The fourth-order valence-electron chi connectivity index (χ4n) is 3.77. The van der Waals surface area contributed by atoms with E-state index in [1.54, 1.807) is 54.6 Å². The Labute approximate surface area is 198 Å². The number of aliphatic imine (C=N–C) groups is 1. The Bertz CT molecular complexity index is 1290. The zero-order chi connectivity index (χ0) is 24.5. The maximum atomic E-state index is 13.5. The number of allylic oxidation sites excluding steroid dienone is 2. The van der Waals surface area contributed by atoms with Crippen molar-refractivity contribution >= 4 is 45.6 Å². The number of esters is 1. The Hall–Kier alpha value is -4.12. The van der Waals surface area contributed by atoms with Crippen molar-refractivity contribution in [3.05, 3.63) is 69.8 Å². The van der Waals surface area contributed by atoms with Crippen LogP contribution in [0.25, 0.3) is 11.1 Å². The number of nitrogens with zero attached hydrogens (tertiary/aromatic N) is 3. The van der Waals surface area contributed by atoms with Crippen LogP contribution in [0.3, 0.4) is 0 Å². The Kier molecular flexibility index (Phi) is 6.12. The second-order valence-corrected chi connectivity index (χ2v) is 8.60. The zero-order valence-electron chi connectivity index (χ0n) is 18.3. The molecule has 1 N–H and O–H groups in total. The summed E-state index contributed by atoms with van der Waals surface area (Å²) in [6, 6.07) is 5.86. The normalized spacial score (nSPS) is 18.8. The highest BCUT2D eigenvalue weighted by atomic mass is 32.1. The fraction of sp³-hybridized carbons (Fsp3) is 0.217. The highest BCUT2D eigenvalue weighted by Gasteiger charge is 2.45. The summed E-state index contributed by atoms with van der Waals surface area (Å²) in [5.41, 5.74) is -0.484. The number of benzene rings is 1. The van der Waals surface area contributed by atoms with Crippen molar-refractivity contribution in [3.8, 4) is 11.1 Å². The Morgan fingerprint density at radius 3 is 2.88 bits per heavy atom. The van der Waals surface area contributed by atoms with Crippen molar-refractivity contribution in [1.82, 2.24) is 4.90 Å². The molecule has 174 valence electrons. The molecule has 0 bridgehead atoms.